The van der Waals surface area contributed by atoms with Gasteiger partial charge in [0.2, 0.25) is 0 Å². The van der Waals surface area contributed by atoms with Crippen LogP contribution >= 0.6 is 11.8 Å². The molecule has 1 aromatic carbocycles. The van der Waals surface area contributed by atoms with Crippen molar-refractivity contribution in [2.45, 2.75) is 23.5 Å². The summed E-state index contributed by atoms with van der Waals surface area (Å²) in [4.78, 5) is 0.221. The molecule has 0 saturated carbocycles. The van der Waals surface area contributed by atoms with E-state index >= 15 is 0 Å². The van der Waals surface area contributed by atoms with Gasteiger partial charge in [0, 0.05) is 16.6 Å². The molecule has 0 saturated heterocycles. The van der Waals surface area contributed by atoms with E-state index in [9.17, 15) is 8.78 Å². The largest absolute Gasteiger partial charge is 0.409 e. The highest BCUT2D eigenvalue weighted by atomic mass is 32.2. The molecule has 3 nitrogen and oxygen atoms in total. The van der Waals surface area contributed by atoms with Crippen LogP contribution in [0.15, 0.2) is 28.3 Å². The molecule has 0 spiro atoms. The van der Waals surface area contributed by atoms with Crippen LogP contribution in [0, 0.1) is 11.6 Å². The Morgan fingerprint density at radius 2 is 2.25 bits per heavy atom. The van der Waals surface area contributed by atoms with Crippen molar-refractivity contribution in [2.75, 3.05) is 0 Å². The lowest BCUT2D eigenvalue weighted by atomic mass is 10.3. The molecule has 0 fully saturated rings. The first-order valence-corrected chi connectivity index (χ1v) is 5.49. The van der Waals surface area contributed by atoms with Gasteiger partial charge in [-0.25, -0.2) is 8.78 Å². The summed E-state index contributed by atoms with van der Waals surface area (Å²) >= 11 is 1.14. The summed E-state index contributed by atoms with van der Waals surface area (Å²) in [7, 11) is 0. The van der Waals surface area contributed by atoms with Crippen LogP contribution in [0.4, 0.5) is 8.78 Å². The molecular formula is C10H12F2N2OS. The van der Waals surface area contributed by atoms with Gasteiger partial charge in [-0.15, -0.1) is 11.8 Å². The van der Waals surface area contributed by atoms with Crippen molar-refractivity contribution in [1.82, 2.24) is 0 Å². The molecule has 0 amide bonds. The second kappa shape index (κ2) is 5.69. The fourth-order valence-electron chi connectivity index (χ4n) is 1.16. The van der Waals surface area contributed by atoms with Gasteiger partial charge < -0.3 is 10.9 Å². The second-order valence-corrected chi connectivity index (χ2v) is 4.78. The Morgan fingerprint density at radius 3 is 2.88 bits per heavy atom. The van der Waals surface area contributed by atoms with Crippen molar-refractivity contribution >= 4 is 17.6 Å². The number of oxime groups is 1. The molecule has 0 aliphatic rings. The maximum absolute atomic E-state index is 13.3. The predicted octanol–water partition coefficient (Wildman–Crippen LogP) is 2.58. The molecule has 0 radical (unpaired) electrons. The van der Waals surface area contributed by atoms with Gasteiger partial charge >= 0.3 is 0 Å². The molecule has 0 aliphatic carbocycles. The first-order valence-electron chi connectivity index (χ1n) is 4.61. The van der Waals surface area contributed by atoms with E-state index in [1.54, 1.807) is 6.92 Å². The summed E-state index contributed by atoms with van der Waals surface area (Å²) in [6.45, 7) is 1.78. The maximum Gasteiger partial charge on any atom is 0.140 e. The SMILES string of the molecule is CC(CC(N)=NO)Sc1cc(F)ccc1F. The van der Waals surface area contributed by atoms with Crippen molar-refractivity contribution in [1.29, 1.82) is 0 Å². The van der Waals surface area contributed by atoms with Gasteiger partial charge in [-0.1, -0.05) is 12.1 Å². The number of nitrogens with two attached hydrogens (primary N) is 1. The lowest BCUT2D eigenvalue weighted by Gasteiger charge is -2.10. The van der Waals surface area contributed by atoms with Gasteiger partial charge in [0.25, 0.3) is 0 Å². The topological polar surface area (TPSA) is 58.6 Å². The second-order valence-electron chi connectivity index (χ2n) is 3.30. The number of benzene rings is 1. The van der Waals surface area contributed by atoms with E-state index in [-0.39, 0.29) is 16.0 Å². The van der Waals surface area contributed by atoms with Crippen LogP contribution in [0.25, 0.3) is 0 Å². The third-order valence-electron chi connectivity index (χ3n) is 1.85. The average molecular weight is 246 g/mol. The number of thioether (sulfide) groups is 1. The lowest BCUT2D eigenvalue weighted by molar-refractivity contribution is 0.317. The zero-order valence-corrected chi connectivity index (χ0v) is 9.47. The number of hydrogen-bond donors (Lipinski definition) is 2. The van der Waals surface area contributed by atoms with Gasteiger partial charge in [-0.3, -0.25) is 0 Å². The Labute approximate surface area is 96.3 Å². The quantitative estimate of drug-likeness (QED) is 0.282. The Hall–Kier alpha value is -1.30. The van der Waals surface area contributed by atoms with Crippen molar-refractivity contribution in [2.24, 2.45) is 10.9 Å². The Morgan fingerprint density at radius 1 is 1.56 bits per heavy atom. The molecule has 1 rings (SSSR count). The first-order chi connectivity index (χ1) is 7.52. The van der Waals surface area contributed by atoms with E-state index in [2.05, 4.69) is 5.16 Å². The monoisotopic (exact) mass is 246 g/mol. The van der Waals surface area contributed by atoms with E-state index in [0.717, 1.165) is 30.0 Å². The van der Waals surface area contributed by atoms with Crippen molar-refractivity contribution in [3.63, 3.8) is 0 Å². The van der Waals surface area contributed by atoms with Crippen molar-refractivity contribution in [3.05, 3.63) is 29.8 Å². The lowest BCUT2D eigenvalue weighted by Crippen LogP contribution is -2.16. The van der Waals surface area contributed by atoms with E-state index in [1.165, 1.54) is 0 Å². The van der Waals surface area contributed by atoms with Gasteiger partial charge in [-0.05, 0) is 18.2 Å². The zero-order valence-electron chi connectivity index (χ0n) is 8.65. The third kappa shape index (κ3) is 3.69. The van der Waals surface area contributed by atoms with E-state index in [4.69, 9.17) is 10.9 Å². The van der Waals surface area contributed by atoms with Crippen LogP contribution in [0.3, 0.4) is 0 Å². The molecule has 88 valence electrons. The van der Waals surface area contributed by atoms with Gasteiger partial charge in [-0.2, -0.15) is 0 Å². The number of nitrogens with zero attached hydrogens (tertiary/aromatic N) is 1. The molecule has 0 bridgehead atoms. The summed E-state index contributed by atoms with van der Waals surface area (Å²) in [6.07, 6.45) is 0.303. The molecule has 1 atom stereocenters. The zero-order chi connectivity index (χ0) is 12.1. The molecule has 0 aliphatic heterocycles. The normalized spacial score (nSPS) is 13.8. The van der Waals surface area contributed by atoms with Gasteiger partial charge in [0.05, 0.1) is 0 Å². The maximum atomic E-state index is 13.3. The van der Waals surface area contributed by atoms with E-state index in [1.807, 2.05) is 0 Å². The van der Waals surface area contributed by atoms with Crippen LogP contribution in [0.2, 0.25) is 0 Å². The molecule has 1 aromatic rings. The fraction of sp³-hybridized carbons (Fsp3) is 0.300. The highest BCUT2D eigenvalue weighted by molar-refractivity contribution is 8.00. The molecule has 0 heterocycles. The number of hydrogen-bond acceptors (Lipinski definition) is 3. The molecule has 1 unspecified atom stereocenters. The summed E-state index contributed by atoms with van der Waals surface area (Å²) in [5.41, 5.74) is 5.31. The van der Waals surface area contributed by atoms with Crippen LogP contribution < -0.4 is 5.73 Å². The van der Waals surface area contributed by atoms with Crippen molar-refractivity contribution in [3.8, 4) is 0 Å². The van der Waals surface area contributed by atoms with Crippen LogP contribution in [0.5, 0.6) is 0 Å². The summed E-state index contributed by atoms with van der Waals surface area (Å²) in [6, 6.07) is 3.27. The molecule has 16 heavy (non-hydrogen) atoms. The van der Waals surface area contributed by atoms with Gasteiger partial charge in [0.1, 0.15) is 17.5 Å². The summed E-state index contributed by atoms with van der Waals surface area (Å²) in [5, 5.41) is 11.1. The van der Waals surface area contributed by atoms with E-state index < -0.39 is 11.6 Å². The summed E-state index contributed by atoms with van der Waals surface area (Å²) < 4.78 is 26.1. The third-order valence-corrected chi connectivity index (χ3v) is 2.98. The van der Waals surface area contributed by atoms with Crippen LogP contribution in [-0.4, -0.2) is 16.3 Å². The minimum Gasteiger partial charge on any atom is -0.409 e. The Balaban J connectivity index is 2.69. The first kappa shape index (κ1) is 12.8. The molecular weight excluding hydrogens is 234 g/mol. The standard InChI is InChI=1S/C10H12F2N2OS/c1-6(4-10(13)14-15)16-9-5-7(11)2-3-8(9)12/h2-3,5-6,15H,4H2,1H3,(H2,13,14). The van der Waals surface area contributed by atoms with E-state index in [0.29, 0.717) is 6.42 Å². The van der Waals surface area contributed by atoms with Crippen LogP contribution in [0.1, 0.15) is 13.3 Å². The minimum atomic E-state index is -0.486. The smallest absolute Gasteiger partial charge is 0.140 e. The average Bonchev–Trinajstić information content (AvgIpc) is 2.23. The Bertz CT molecular complexity index is 398. The predicted molar refractivity (Wildman–Crippen MR) is 59.7 cm³/mol. The molecule has 0 aromatic heterocycles. The minimum absolute atomic E-state index is 0.0665. The highest BCUT2D eigenvalue weighted by Gasteiger charge is 2.11. The summed E-state index contributed by atoms with van der Waals surface area (Å²) in [5.74, 6) is -0.894. The Kier molecular flexibility index (Phi) is 4.54. The molecule has 6 heteroatoms. The number of halogens is 2. The van der Waals surface area contributed by atoms with Crippen molar-refractivity contribution < 1.29 is 14.0 Å². The molecule has 3 N–H and O–H groups in total. The highest BCUT2D eigenvalue weighted by Crippen LogP contribution is 2.28. The number of rotatable bonds is 4. The fourth-order valence-corrected chi connectivity index (χ4v) is 2.21. The van der Waals surface area contributed by atoms with Gasteiger partial charge in [0.15, 0.2) is 0 Å². The van der Waals surface area contributed by atoms with Crippen LogP contribution in [-0.2, 0) is 0 Å². The number of amidine groups is 1.